The highest BCUT2D eigenvalue weighted by Gasteiger charge is 2.11. The highest BCUT2D eigenvalue weighted by Crippen LogP contribution is 2.22. The molecule has 2 N–H and O–H groups in total. The number of ether oxygens (including phenoxy) is 1. The van der Waals surface area contributed by atoms with Gasteiger partial charge in [0, 0.05) is 12.1 Å². The number of anilines is 2. The summed E-state index contributed by atoms with van der Waals surface area (Å²) in [5, 5.41) is 2.62. The molecule has 6 nitrogen and oxygen atoms in total. The van der Waals surface area contributed by atoms with Crippen LogP contribution in [-0.2, 0) is 21.2 Å². The summed E-state index contributed by atoms with van der Waals surface area (Å²) in [5.41, 5.74) is 0.987. The van der Waals surface area contributed by atoms with Crippen LogP contribution in [0.3, 0.4) is 0 Å². The molecule has 8 heteroatoms. The minimum Gasteiger partial charge on any atom is -0.496 e. The van der Waals surface area contributed by atoms with Crippen molar-refractivity contribution in [1.29, 1.82) is 0 Å². The van der Waals surface area contributed by atoms with E-state index < -0.39 is 15.8 Å². The predicted molar refractivity (Wildman–Crippen MR) is 94.8 cm³/mol. The lowest BCUT2D eigenvalue weighted by Crippen LogP contribution is -2.14. The van der Waals surface area contributed by atoms with E-state index in [1.54, 1.807) is 7.11 Å². The molecular weight excluding hydrogens is 347 g/mol. The molecule has 0 saturated carbocycles. The highest BCUT2D eigenvalue weighted by atomic mass is 32.2. The molecule has 0 spiro atoms. The van der Waals surface area contributed by atoms with Gasteiger partial charge in [-0.25, -0.2) is 12.8 Å². The number of amides is 1. The van der Waals surface area contributed by atoms with Crippen molar-refractivity contribution in [3.8, 4) is 5.75 Å². The maximum Gasteiger partial charge on any atom is 0.229 e. The Morgan fingerprint density at radius 1 is 1.20 bits per heavy atom. The van der Waals surface area contributed by atoms with Crippen molar-refractivity contribution in [2.75, 3.05) is 23.4 Å². The zero-order valence-corrected chi connectivity index (χ0v) is 14.7. The third kappa shape index (κ3) is 5.75. The number of benzene rings is 2. The van der Waals surface area contributed by atoms with Crippen molar-refractivity contribution >= 4 is 27.3 Å². The molecule has 0 aliphatic rings. The maximum atomic E-state index is 13.6. The van der Waals surface area contributed by atoms with E-state index >= 15 is 0 Å². The van der Waals surface area contributed by atoms with Gasteiger partial charge < -0.3 is 10.1 Å². The van der Waals surface area contributed by atoms with Crippen LogP contribution in [0.4, 0.5) is 15.8 Å². The van der Waals surface area contributed by atoms with E-state index in [-0.39, 0.29) is 18.0 Å². The van der Waals surface area contributed by atoms with E-state index in [1.165, 1.54) is 12.1 Å². The molecule has 1 amide bonds. The molecular formula is C17H19FN2O4S. The van der Waals surface area contributed by atoms with Gasteiger partial charge in [0.15, 0.2) is 0 Å². The average Bonchev–Trinajstić information content (AvgIpc) is 2.55. The Morgan fingerprint density at radius 2 is 1.92 bits per heavy atom. The van der Waals surface area contributed by atoms with E-state index in [9.17, 15) is 17.6 Å². The molecule has 25 heavy (non-hydrogen) atoms. The number of rotatable bonds is 7. The van der Waals surface area contributed by atoms with Gasteiger partial charge in [0.05, 0.1) is 19.1 Å². The van der Waals surface area contributed by atoms with Gasteiger partial charge in [0.25, 0.3) is 0 Å². The standard InChI is InChI=1S/C17H19FN2O4S/c1-24-16-6-4-3-5-12(16)7-10-17(21)19-13-8-9-14(18)15(11-13)20-25(2,22)23/h3-6,8-9,11,20H,7,10H2,1-2H3,(H,19,21). The number of sulfonamides is 1. The van der Waals surface area contributed by atoms with Gasteiger partial charge in [-0.05, 0) is 36.2 Å². The first kappa shape index (κ1) is 18.7. The normalized spacial score (nSPS) is 11.0. The SMILES string of the molecule is COc1ccccc1CCC(=O)Nc1ccc(F)c(NS(C)(=O)=O)c1. The predicted octanol–water partition coefficient (Wildman–Crippen LogP) is 2.78. The molecule has 0 bridgehead atoms. The van der Waals surface area contributed by atoms with E-state index in [0.29, 0.717) is 17.9 Å². The van der Waals surface area contributed by atoms with Crippen LogP contribution in [0.5, 0.6) is 5.75 Å². The topological polar surface area (TPSA) is 84.5 Å². The van der Waals surface area contributed by atoms with Crippen LogP contribution in [0.25, 0.3) is 0 Å². The lowest BCUT2D eigenvalue weighted by molar-refractivity contribution is -0.116. The first-order valence-corrected chi connectivity index (χ1v) is 9.37. The zero-order chi connectivity index (χ0) is 18.4. The number of aryl methyl sites for hydroxylation is 1. The molecule has 0 unspecified atom stereocenters. The van der Waals surface area contributed by atoms with E-state index in [0.717, 1.165) is 17.9 Å². The first-order valence-electron chi connectivity index (χ1n) is 7.47. The molecule has 0 aromatic heterocycles. The number of halogens is 1. The molecule has 0 aliphatic carbocycles. The smallest absolute Gasteiger partial charge is 0.229 e. The summed E-state index contributed by atoms with van der Waals surface area (Å²) in [6.07, 6.45) is 1.60. The number of carbonyl (C=O) groups is 1. The molecule has 2 rings (SSSR count). The van der Waals surface area contributed by atoms with Crippen LogP contribution < -0.4 is 14.8 Å². The Balaban J connectivity index is 2.02. The Bertz CT molecular complexity index is 869. The van der Waals surface area contributed by atoms with Crippen LogP contribution in [0.2, 0.25) is 0 Å². The van der Waals surface area contributed by atoms with Gasteiger partial charge in [0.2, 0.25) is 15.9 Å². The zero-order valence-electron chi connectivity index (χ0n) is 13.9. The molecule has 0 radical (unpaired) electrons. The van der Waals surface area contributed by atoms with Crippen molar-refractivity contribution in [1.82, 2.24) is 0 Å². The Kier molecular flexibility index (Phi) is 5.97. The maximum absolute atomic E-state index is 13.6. The van der Waals surface area contributed by atoms with E-state index in [1.807, 2.05) is 24.3 Å². The summed E-state index contributed by atoms with van der Waals surface area (Å²) < 4.78 is 43.4. The van der Waals surface area contributed by atoms with Gasteiger partial charge in [-0.15, -0.1) is 0 Å². The number of methoxy groups -OCH3 is 1. The lowest BCUT2D eigenvalue weighted by Gasteiger charge is -2.10. The number of hydrogen-bond donors (Lipinski definition) is 2. The minimum atomic E-state index is -3.62. The summed E-state index contributed by atoms with van der Waals surface area (Å²) in [5.74, 6) is -0.294. The summed E-state index contributed by atoms with van der Waals surface area (Å²) in [4.78, 5) is 12.1. The summed E-state index contributed by atoms with van der Waals surface area (Å²) in [6, 6.07) is 11.1. The highest BCUT2D eigenvalue weighted by molar-refractivity contribution is 7.92. The minimum absolute atomic E-state index is 0.201. The fourth-order valence-electron chi connectivity index (χ4n) is 2.26. The Morgan fingerprint density at radius 3 is 2.60 bits per heavy atom. The quantitative estimate of drug-likeness (QED) is 0.789. The van der Waals surface area contributed by atoms with Crippen LogP contribution in [-0.4, -0.2) is 27.7 Å². The van der Waals surface area contributed by atoms with Crippen molar-refractivity contribution in [2.45, 2.75) is 12.8 Å². The molecule has 0 saturated heterocycles. The van der Waals surface area contributed by atoms with E-state index in [2.05, 4.69) is 10.0 Å². The van der Waals surface area contributed by atoms with E-state index in [4.69, 9.17) is 4.74 Å². The summed E-state index contributed by atoms with van der Waals surface area (Å²) in [7, 11) is -2.05. The fourth-order valence-corrected chi connectivity index (χ4v) is 2.82. The molecule has 0 aliphatic heterocycles. The van der Waals surface area contributed by atoms with Crippen molar-refractivity contribution in [3.05, 3.63) is 53.8 Å². The number of nitrogens with one attached hydrogen (secondary N) is 2. The second-order valence-corrected chi connectivity index (χ2v) is 7.18. The van der Waals surface area contributed by atoms with Crippen LogP contribution in [0.15, 0.2) is 42.5 Å². The Labute approximate surface area is 146 Å². The monoisotopic (exact) mass is 366 g/mol. The summed E-state index contributed by atoms with van der Waals surface area (Å²) >= 11 is 0. The van der Waals surface area contributed by atoms with Crippen molar-refractivity contribution in [2.24, 2.45) is 0 Å². The third-order valence-electron chi connectivity index (χ3n) is 3.36. The van der Waals surface area contributed by atoms with Crippen molar-refractivity contribution in [3.63, 3.8) is 0 Å². The summed E-state index contributed by atoms with van der Waals surface area (Å²) in [6.45, 7) is 0. The molecule has 0 fully saturated rings. The van der Waals surface area contributed by atoms with Gasteiger partial charge in [-0.1, -0.05) is 18.2 Å². The number of para-hydroxylation sites is 1. The van der Waals surface area contributed by atoms with Crippen LogP contribution in [0, 0.1) is 5.82 Å². The van der Waals surface area contributed by atoms with Crippen LogP contribution in [0.1, 0.15) is 12.0 Å². The fraction of sp³-hybridized carbons (Fsp3) is 0.235. The second kappa shape index (κ2) is 7.98. The van der Waals surface area contributed by atoms with Gasteiger partial charge >= 0.3 is 0 Å². The van der Waals surface area contributed by atoms with Gasteiger partial charge in [-0.2, -0.15) is 0 Å². The average molecular weight is 366 g/mol. The van der Waals surface area contributed by atoms with Crippen LogP contribution >= 0.6 is 0 Å². The molecule has 0 atom stereocenters. The largest absolute Gasteiger partial charge is 0.496 e. The lowest BCUT2D eigenvalue weighted by atomic mass is 10.1. The second-order valence-electron chi connectivity index (χ2n) is 5.43. The van der Waals surface area contributed by atoms with Gasteiger partial charge in [0.1, 0.15) is 11.6 Å². The van der Waals surface area contributed by atoms with Gasteiger partial charge in [-0.3, -0.25) is 9.52 Å². The third-order valence-corrected chi connectivity index (χ3v) is 3.95. The molecule has 134 valence electrons. The molecule has 0 heterocycles. The molecule has 2 aromatic carbocycles. The molecule has 2 aromatic rings. The first-order chi connectivity index (χ1) is 11.8. The van der Waals surface area contributed by atoms with Crippen molar-refractivity contribution < 1.29 is 22.3 Å². The number of hydrogen-bond acceptors (Lipinski definition) is 4. The number of carbonyl (C=O) groups excluding carboxylic acids is 1. The Hall–Kier alpha value is -2.61.